The SMILES string of the molecule is Cc1ccc(CNC2CCCC(C3CC3)C2)cc1. The van der Waals surface area contributed by atoms with E-state index in [-0.39, 0.29) is 0 Å². The number of nitrogens with one attached hydrogen (secondary N) is 1. The summed E-state index contributed by atoms with van der Waals surface area (Å²) in [7, 11) is 0. The van der Waals surface area contributed by atoms with Crippen LogP contribution in [0, 0.1) is 18.8 Å². The molecular weight excluding hydrogens is 218 g/mol. The average Bonchev–Trinajstić information content (AvgIpc) is 3.23. The lowest BCUT2D eigenvalue weighted by Crippen LogP contribution is -2.34. The van der Waals surface area contributed by atoms with Crippen LogP contribution in [0.2, 0.25) is 0 Å². The maximum absolute atomic E-state index is 3.77. The van der Waals surface area contributed by atoms with E-state index in [0.717, 1.165) is 24.4 Å². The predicted molar refractivity (Wildman–Crippen MR) is 76.5 cm³/mol. The van der Waals surface area contributed by atoms with Gasteiger partial charge in [0.15, 0.2) is 0 Å². The number of rotatable bonds is 4. The second-order valence-corrected chi connectivity index (χ2v) is 6.33. The van der Waals surface area contributed by atoms with E-state index in [1.54, 1.807) is 0 Å². The van der Waals surface area contributed by atoms with Gasteiger partial charge in [-0.1, -0.05) is 42.7 Å². The molecule has 0 saturated heterocycles. The summed E-state index contributed by atoms with van der Waals surface area (Å²) < 4.78 is 0. The Morgan fingerprint density at radius 3 is 2.50 bits per heavy atom. The Kier molecular flexibility index (Phi) is 3.69. The zero-order valence-electron chi connectivity index (χ0n) is 11.5. The van der Waals surface area contributed by atoms with Gasteiger partial charge < -0.3 is 5.32 Å². The van der Waals surface area contributed by atoms with E-state index in [2.05, 4.69) is 36.5 Å². The van der Waals surface area contributed by atoms with Gasteiger partial charge in [-0.25, -0.2) is 0 Å². The van der Waals surface area contributed by atoms with Gasteiger partial charge in [0.05, 0.1) is 0 Å². The van der Waals surface area contributed by atoms with Crippen LogP contribution in [0.5, 0.6) is 0 Å². The molecule has 0 bridgehead atoms. The van der Waals surface area contributed by atoms with Crippen LogP contribution in [-0.2, 0) is 6.54 Å². The van der Waals surface area contributed by atoms with E-state index in [4.69, 9.17) is 0 Å². The van der Waals surface area contributed by atoms with Crippen molar-refractivity contribution < 1.29 is 0 Å². The molecule has 3 rings (SSSR count). The van der Waals surface area contributed by atoms with E-state index >= 15 is 0 Å². The second-order valence-electron chi connectivity index (χ2n) is 6.33. The highest BCUT2D eigenvalue weighted by Gasteiger charge is 2.34. The minimum absolute atomic E-state index is 0.769. The van der Waals surface area contributed by atoms with Crippen LogP contribution in [0.4, 0.5) is 0 Å². The van der Waals surface area contributed by atoms with Crippen LogP contribution in [0.1, 0.15) is 49.7 Å². The fourth-order valence-electron chi connectivity index (χ4n) is 3.38. The minimum Gasteiger partial charge on any atom is -0.310 e. The molecule has 2 unspecified atom stereocenters. The van der Waals surface area contributed by atoms with Crippen molar-refractivity contribution in [2.24, 2.45) is 11.8 Å². The Morgan fingerprint density at radius 2 is 1.78 bits per heavy atom. The Balaban J connectivity index is 1.48. The van der Waals surface area contributed by atoms with Crippen molar-refractivity contribution in [3.05, 3.63) is 35.4 Å². The second kappa shape index (κ2) is 5.44. The maximum atomic E-state index is 3.77. The topological polar surface area (TPSA) is 12.0 Å². The number of hydrogen-bond acceptors (Lipinski definition) is 1. The quantitative estimate of drug-likeness (QED) is 0.841. The van der Waals surface area contributed by atoms with Crippen LogP contribution in [-0.4, -0.2) is 6.04 Å². The third kappa shape index (κ3) is 3.14. The van der Waals surface area contributed by atoms with Crippen LogP contribution in [0.3, 0.4) is 0 Å². The summed E-state index contributed by atoms with van der Waals surface area (Å²) in [4.78, 5) is 0. The number of hydrogen-bond donors (Lipinski definition) is 1. The number of benzene rings is 1. The highest BCUT2D eigenvalue weighted by atomic mass is 14.9. The normalized spacial score (nSPS) is 28.3. The molecule has 2 aliphatic carbocycles. The first kappa shape index (κ1) is 12.2. The van der Waals surface area contributed by atoms with E-state index in [9.17, 15) is 0 Å². The first-order valence-corrected chi connectivity index (χ1v) is 7.60. The van der Waals surface area contributed by atoms with Gasteiger partial charge in [0.2, 0.25) is 0 Å². The summed E-state index contributed by atoms with van der Waals surface area (Å²) in [5.41, 5.74) is 2.78. The predicted octanol–water partition coefficient (Wildman–Crippen LogP) is 4.05. The van der Waals surface area contributed by atoms with Gasteiger partial charge in [-0.2, -0.15) is 0 Å². The van der Waals surface area contributed by atoms with Gasteiger partial charge in [-0.3, -0.25) is 0 Å². The lowest BCUT2D eigenvalue weighted by atomic mass is 9.82. The van der Waals surface area contributed by atoms with Crippen LogP contribution in [0.25, 0.3) is 0 Å². The highest BCUT2D eigenvalue weighted by Crippen LogP contribution is 2.43. The van der Waals surface area contributed by atoms with Gasteiger partial charge in [0.25, 0.3) is 0 Å². The maximum Gasteiger partial charge on any atom is 0.0208 e. The lowest BCUT2D eigenvalue weighted by Gasteiger charge is -2.30. The molecule has 0 heterocycles. The first-order chi connectivity index (χ1) is 8.81. The zero-order valence-corrected chi connectivity index (χ0v) is 11.5. The van der Waals surface area contributed by atoms with Gasteiger partial charge in [-0.15, -0.1) is 0 Å². The Morgan fingerprint density at radius 1 is 1.00 bits per heavy atom. The molecule has 1 heteroatoms. The molecule has 2 aliphatic rings. The summed E-state index contributed by atoms with van der Waals surface area (Å²) in [6.07, 6.45) is 8.76. The summed E-state index contributed by atoms with van der Waals surface area (Å²) >= 11 is 0. The molecule has 1 aromatic carbocycles. The Hall–Kier alpha value is -0.820. The van der Waals surface area contributed by atoms with Crippen molar-refractivity contribution in [1.29, 1.82) is 0 Å². The van der Waals surface area contributed by atoms with E-state index in [1.807, 2.05) is 0 Å². The van der Waals surface area contributed by atoms with Crippen LogP contribution < -0.4 is 5.32 Å². The van der Waals surface area contributed by atoms with Gasteiger partial charge in [0.1, 0.15) is 0 Å². The Bertz CT molecular complexity index is 377. The molecule has 2 saturated carbocycles. The van der Waals surface area contributed by atoms with Crippen LogP contribution in [0.15, 0.2) is 24.3 Å². The third-order valence-electron chi connectivity index (χ3n) is 4.72. The van der Waals surface area contributed by atoms with Crippen molar-refractivity contribution >= 4 is 0 Å². The molecule has 18 heavy (non-hydrogen) atoms. The fourth-order valence-corrected chi connectivity index (χ4v) is 3.38. The molecule has 0 spiro atoms. The van der Waals surface area contributed by atoms with E-state index in [0.29, 0.717) is 0 Å². The standard InChI is InChI=1S/C17H25N/c1-13-5-7-14(8-6-13)12-18-17-4-2-3-16(11-17)15-9-10-15/h5-8,15-18H,2-4,9-12H2,1H3. The molecule has 2 atom stereocenters. The van der Waals surface area contributed by atoms with Gasteiger partial charge in [0, 0.05) is 12.6 Å². The summed E-state index contributed by atoms with van der Waals surface area (Å²) in [5, 5.41) is 3.77. The zero-order chi connectivity index (χ0) is 12.4. The largest absolute Gasteiger partial charge is 0.310 e. The van der Waals surface area contributed by atoms with Crippen molar-refractivity contribution in [2.75, 3.05) is 0 Å². The molecule has 0 radical (unpaired) electrons. The van der Waals surface area contributed by atoms with Gasteiger partial charge >= 0.3 is 0 Å². The smallest absolute Gasteiger partial charge is 0.0208 e. The highest BCUT2D eigenvalue weighted by molar-refractivity contribution is 5.21. The molecule has 0 aromatic heterocycles. The van der Waals surface area contributed by atoms with Gasteiger partial charge in [-0.05, 0) is 50.0 Å². The molecule has 98 valence electrons. The lowest BCUT2D eigenvalue weighted by molar-refractivity contribution is 0.260. The Labute approximate surface area is 111 Å². The van der Waals surface area contributed by atoms with Crippen LogP contribution >= 0.6 is 0 Å². The fraction of sp³-hybridized carbons (Fsp3) is 0.647. The van der Waals surface area contributed by atoms with Crippen molar-refractivity contribution in [3.63, 3.8) is 0 Å². The average molecular weight is 243 g/mol. The number of aryl methyl sites for hydroxylation is 1. The third-order valence-corrected chi connectivity index (χ3v) is 4.72. The summed E-state index contributed by atoms with van der Waals surface area (Å²) in [6, 6.07) is 9.70. The summed E-state index contributed by atoms with van der Waals surface area (Å²) in [5.74, 6) is 2.13. The van der Waals surface area contributed by atoms with Crippen molar-refractivity contribution in [1.82, 2.24) is 5.32 Å². The van der Waals surface area contributed by atoms with Crippen molar-refractivity contribution in [2.45, 2.75) is 58.0 Å². The first-order valence-electron chi connectivity index (χ1n) is 7.60. The van der Waals surface area contributed by atoms with E-state index in [1.165, 1.54) is 49.7 Å². The molecule has 0 aliphatic heterocycles. The molecule has 2 fully saturated rings. The molecule has 1 aromatic rings. The molecule has 0 amide bonds. The molecular formula is C17H25N. The monoisotopic (exact) mass is 243 g/mol. The molecule has 1 nitrogen and oxygen atoms in total. The summed E-state index contributed by atoms with van der Waals surface area (Å²) in [6.45, 7) is 3.20. The minimum atomic E-state index is 0.769. The van der Waals surface area contributed by atoms with E-state index < -0.39 is 0 Å². The van der Waals surface area contributed by atoms with Crippen molar-refractivity contribution in [3.8, 4) is 0 Å². The molecule has 1 N–H and O–H groups in total.